The molecular formula is C12H17N5S. The standard InChI is InChI=1S/C12H17N5S/c1-5-13-10-6-11(16-12(15-10)18-4)17-7-14-8(2)9(17)3/h6-7H,5H2,1-4H3,(H,13,15,16). The smallest absolute Gasteiger partial charge is 0.191 e. The van der Waals surface area contributed by atoms with E-state index in [0.29, 0.717) is 0 Å². The summed E-state index contributed by atoms with van der Waals surface area (Å²) in [7, 11) is 0. The maximum Gasteiger partial charge on any atom is 0.191 e. The van der Waals surface area contributed by atoms with Crippen LogP contribution in [0.15, 0.2) is 17.6 Å². The first kappa shape index (κ1) is 12.9. The molecule has 0 radical (unpaired) electrons. The minimum atomic E-state index is 0.759. The second kappa shape index (κ2) is 5.39. The zero-order chi connectivity index (χ0) is 13.1. The van der Waals surface area contributed by atoms with Crippen LogP contribution in [-0.2, 0) is 0 Å². The van der Waals surface area contributed by atoms with Crippen molar-refractivity contribution in [2.75, 3.05) is 18.1 Å². The molecule has 0 saturated carbocycles. The number of rotatable bonds is 4. The van der Waals surface area contributed by atoms with Crippen LogP contribution in [0.1, 0.15) is 18.3 Å². The van der Waals surface area contributed by atoms with Gasteiger partial charge in [-0.1, -0.05) is 11.8 Å². The quantitative estimate of drug-likeness (QED) is 0.678. The molecule has 0 atom stereocenters. The molecule has 0 saturated heterocycles. The average molecular weight is 263 g/mol. The van der Waals surface area contributed by atoms with Gasteiger partial charge in [0, 0.05) is 18.3 Å². The molecule has 18 heavy (non-hydrogen) atoms. The van der Waals surface area contributed by atoms with E-state index in [2.05, 4.69) is 20.3 Å². The topological polar surface area (TPSA) is 55.6 Å². The summed E-state index contributed by atoms with van der Waals surface area (Å²) in [5, 5.41) is 3.98. The van der Waals surface area contributed by atoms with Crippen molar-refractivity contribution >= 4 is 17.6 Å². The fourth-order valence-electron chi connectivity index (χ4n) is 1.63. The molecule has 0 fully saturated rings. The number of hydrogen-bond acceptors (Lipinski definition) is 5. The molecule has 2 aromatic heterocycles. The summed E-state index contributed by atoms with van der Waals surface area (Å²) in [6, 6.07) is 1.94. The van der Waals surface area contributed by atoms with Gasteiger partial charge in [-0.2, -0.15) is 0 Å². The van der Waals surface area contributed by atoms with E-state index in [4.69, 9.17) is 0 Å². The van der Waals surface area contributed by atoms with Gasteiger partial charge in [-0.25, -0.2) is 15.0 Å². The van der Waals surface area contributed by atoms with Gasteiger partial charge in [0.15, 0.2) is 5.16 Å². The molecule has 0 spiro atoms. The van der Waals surface area contributed by atoms with Gasteiger partial charge in [0.2, 0.25) is 0 Å². The van der Waals surface area contributed by atoms with Crippen LogP contribution < -0.4 is 5.32 Å². The molecule has 0 bridgehead atoms. The lowest BCUT2D eigenvalue weighted by Gasteiger charge is -2.09. The predicted octanol–water partition coefficient (Wildman–Crippen LogP) is 2.43. The molecule has 0 aliphatic heterocycles. The van der Waals surface area contributed by atoms with Crippen LogP contribution in [-0.4, -0.2) is 32.3 Å². The van der Waals surface area contributed by atoms with Crippen LogP contribution in [0.5, 0.6) is 0 Å². The van der Waals surface area contributed by atoms with Gasteiger partial charge in [0.25, 0.3) is 0 Å². The van der Waals surface area contributed by atoms with Gasteiger partial charge < -0.3 is 5.32 Å². The Morgan fingerprint density at radius 3 is 2.67 bits per heavy atom. The Hall–Kier alpha value is -1.56. The van der Waals surface area contributed by atoms with Crippen molar-refractivity contribution in [3.63, 3.8) is 0 Å². The Bertz CT molecular complexity index is 549. The maximum atomic E-state index is 4.51. The molecule has 0 unspecified atom stereocenters. The number of thioether (sulfide) groups is 1. The molecule has 0 aromatic carbocycles. The minimum absolute atomic E-state index is 0.759. The molecule has 1 N–H and O–H groups in total. The molecule has 5 nitrogen and oxygen atoms in total. The Morgan fingerprint density at radius 1 is 1.33 bits per heavy atom. The van der Waals surface area contributed by atoms with Gasteiger partial charge in [-0.15, -0.1) is 0 Å². The lowest BCUT2D eigenvalue weighted by Crippen LogP contribution is -2.06. The third kappa shape index (κ3) is 2.48. The highest BCUT2D eigenvalue weighted by molar-refractivity contribution is 7.98. The molecule has 96 valence electrons. The molecular weight excluding hydrogens is 246 g/mol. The van der Waals surface area contributed by atoms with E-state index < -0.39 is 0 Å². The van der Waals surface area contributed by atoms with Crippen molar-refractivity contribution in [2.45, 2.75) is 25.9 Å². The van der Waals surface area contributed by atoms with Crippen molar-refractivity contribution in [3.05, 3.63) is 23.8 Å². The number of aryl methyl sites for hydroxylation is 1. The van der Waals surface area contributed by atoms with E-state index in [-0.39, 0.29) is 0 Å². The van der Waals surface area contributed by atoms with Crippen molar-refractivity contribution in [3.8, 4) is 5.82 Å². The Labute approximate surface area is 111 Å². The van der Waals surface area contributed by atoms with E-state index in [1.165, 1.54) is 11.8 Å². The van der Waals surface area contributed by atoms with E-state index in [1.807, 2.05) is 37.7 Å². The SMILES string of the molecule is CCNc1cc(-n2cnc(C)c2C)nc(SC)n1. The third-order valence-corrected chi connectivity index (χ3v) is 3.28. The van der Waals surface area contributed by atoms with Gasteiger partial charge >= 0.3 is 0 Å². The second-order valence-electron chi connectivity index (χ2n) is 3.91. The minimum Gasteiger partial charge on any atom is -0.370 e. The summed E-state index contributed by atoms with van der Waals surface area (Å²) in [6.45, 7) is 6.92. The van der Waals surface area contributed by atoms with Crippen LogP contribution in [0, 0.1) is 13.8 Å². The lowest BCUT2D eigenvalue weighted by molar-refractivity contribution is 0.871. The summed E-state index contributed by atoms with van der Waals surface area (Å²) >= 11 is 1.53. The van der Waals surface area contributed by atoms with Crippen LogP contribution >= 0.6 is 11.8 Å². The molecule has 2 heterocycles. The number of nitrogens with one attached hydrogen (secondary N) is 1. The van der Waals surface area contributed by atoms with Crippen molar-refractivity contribution in [2.24, 2.45) is 0 Å². The first-order valence-electron chi connectivity index (χ1n) is 5.83. The summed E-state index contributed by atoms with van der Waals surface area (Å²) in [5.41, 5.74) is 2.12. The Morgan fingerprint density at radius 2 is 2.11 bits per heavy atom. The predicted molar refractivity (Wildman–Crippen MR) is 74.6 cm³/mol. The maximum absolute atomic E-state index is 4.51. The van der Waals surface area contributed by atoms with Gasteiger partial charge in [0.05, 0.1) is 5.69 Å². The zero-order valence-electron chi connectivity index (χ0n) is 11.1. The molecule has 6 heteroatoms. The van der Waals surface area contributed by atoms with E-state index >= 15 is 0 Å². The van der Waals surface area contributed by atoms with E-state index in [9.17, 15) is 0 Å². The fraction of sp³-hybridized carbons (Fsp3) is 0.417. The Balaban J connectivity index is 2.49. The molecule has 2 aromatic rings. The highest BCUT2D eigenvalue weighted by Gasteiger charge is 2.09. The molecule has 2 rings (SSSR count). The summed E-state index contributed by atoms with van der Waals surface area (Å²) in [5.74, 6) is 1.70. The van der Waals surface area contributed by atoms with Crippen molar-refractivity contribution in [1.82, 2.24) is 19.5 Å². The van der Waals surface area contributed by atoms with Gasteiger partial charge in [-0.05, 0) is 27.0 Å². The van der Waals surface area contributed by atoms with E-state index in [1.54, 1.807) is 6.33 Å². The van der Waals surface area contributed by atoms with Crippen LogP contribution in [0.3, 0.4) is 0 Å². The van der Waals surface area contributed by atoms with Gasteiger partial charge in [0.1, 0.15) is 18.0 Å². The monoisotopic (exact) mass is 263 g/mol. The van der Waals surface area contributed by atoms with Crippen LogP contribution in [0.4, 0.5) is 5.82 Å². The summed E-state index contributed by atoms with van der Waals surface area (Å²) in [6.07, 6.45) is 3.77. The average Bonchev–Trinajstić information content (AvgIpc) is 2.70. The number of hydrogen-bond donors (Lipinski definition) is 1. The molecule has 0 amide bonds. The first-order valence-corrected chi connectivity index (χ1v) is 7.06. The van der Waals surface area contributed by atoms with Crippen molar-refractivity contribution < 1.29 is 0 Å². The first-order chi connectivity index (χ1) is 8.65. The highest BCUT2D eigenvalue weighted by Crippen LogP contribution is 2.18. The molecule has 0 aliphatic rings. The highest BCUT2D eigenvalue weighted by atomic mass is 32.2. The second-order valence-corrected chi connectivity index (χ2v) is 4.69. The lowest BCUT2D eigenvalue weighted by atomic mass is 10.4. The van der Waals surface area contributed by atoms with Crippen LogP contribution in [0.25, 0.3) is 5.82 Å². The largest absolute Gasteiger partial charge is 0.370 e. The normalized spacial score (nSPS) is 10.7. The fourth-order valence-corrected chi connectivity index (χ4v) is 2.00. The number of imidazole rings is 1. The number of aromatic nitrogens is 4. The summed E-state index contributed by atoms with van der Waals surface area (Å²) < 4.78 is 1.98. The number of nitrogens with zero attached hydrogens (tertiary/aromatic N) is 4. The molecule has 0 aliphatic carbocycles. The van der Waals surface area contributed by atoms with Gasteiger partial charge in [-0.3, -0.25) is 4.57 Å². The number of anilines is 1. The van der Waals surface area contributed by atoms with E-state index in [0.717, 1.165) is 34.7 Å². The van der Waals surface area contributed by atoms with Crippen LogP contribution in [0.2, 0.25) is 0 Å². The summed E-state index contributed by atoms with van der Waals surface area (Å²) in [4.78, 5) is 13.2. The van der Waals surface area contributed by atoms with Crippen molar-refractivity contribution in [1.29, 1.82) is 0 Å². The zero-order valence-corrected chi connectivity index (χ0v) is 11.9. The third-order valence-electron chi connectivity index (χ3n) is 2.73. The Kier molecular flexibility index (Phi) is 3.86.